The Kier molecular flexibility index (Phi) is 9.23. The first-order chi connectivity index (χ1) is 11.3. The molecule has 0 bridgehead atoms. The predicted octanol–water partition coefficient (Wildman–Crippen LogP) is 4.96. The maximum Gasteiger partial charge on any atom is 0.0211 e. The molecule has 25 heavy (non-hydrogen) atoms. The zero-order valence-corrected chi connectivity index (χ0v) is 16.3. The number of hydrogen-bond acceptors (Lipinski definition) is 2. The summed E-state index contributed by atoms with van der Waals surface area (Å²) >= 11 is 0. The van der Waals surface area contributed by atoms with Crippen LogP contribution in [0.1, 0.15) is 36.5 Å². The fraction of sp³-hybridized carbons (Fsp3) is 0.333. The van der Waals surface area contributed by atoms with Crippen LogP contribution in [0.15, 0.2) is 60.2 Å². The fourth-order valence-electron chi connectivity index (χ4n) is 3.24. The minimum absolute atomic E-state index is 0. The van der Waals surface area contributed by atoms with E-state index < -0.39 is 0 Å². The molecule has 3 N–H and O–H groups in total. The van der Waals surface area contributed by atoms with Crippen LogP contribution in [0.3, 0.4) is 0 Å². The summed E-state index contributed by atoms with van der Waals surface area (Å²) in [7, 11) is 0. The highest BCUT2D eigenvalue weighted by Gasteiger charge is 2.38. The van der Waals surface area contributed by atoms with Gasteiger partial charge in [0.1, 0.15) is 0 Å². The summed E-state index contributed by atoms with van der Waals surface area (Å²) in [5.41, 5.74) is 11.3. The summed E-state index contributed by atoms with van der Waals surface area (Å²) < 4.78 is 0. The van der Waals surface area contributed by atoms with Gasteiger partial charge in [-0.3, -0.25) is 0 Å². The van der Waals surface area contributed by atoms with Crippen molar-refractivity contribution in [2.45, 2.75) is 38.9 Å². The van der Waals surface area contributed by atoms with E-state index in [0.29, 0.717) is 18.5 Å². The van der Waals surface area contributed by atoms with Gasteiger partial charge in [0.15, 0.2) is 0 Å². The SMILES string of the molecule is CC/C(=C\c1ccccc1)[C@@H]1C[C@H]1NCc1ccccc1CN.Cl.Cl. The summed E-state index contributed by atoms with van der Waals surface area (Å²) in [6, 6.07) is 19.7. The molecule has 0 aromatic heterocycles. The molecule has 1 aliphatic rings. The molecule has 1 fully saturated rings. The van der Waals surface area contributed by atoms with Gasteiger partial charge in [-0.05, 0) is 35.4 Å². The lowest BCUT2D eigenvalue weighted by Crippen LogP contribution is -2.19. The topological polar surface area (TPSA) is 38.0 Å². The summed E-state index contributed by atoms with van der Waals surface area (Å²) in [5.74, 6) is 0.685. The van der Waals surface area contributed by atoms with Gasteiger partial charge in [-0.25, -0.2) is 0 Å². The Morgan fingerprint density at radius 2 is 1.68 bits per heavy atom. The van der Waals surface area contributed by atoms with Crippen LogP contribution in [0, 0.1) is 5.92 Å². The standard InChI is InChI=1S/C21H26N2.2ClH/c1-2-17(12-16-8-4-3-5-9-16)20-13-21(20)23-15-19-11-7-6-10-18(19)14-22;;/h3-12,20-21,23H,2,13-15,22H2,1H3;2*1H/b17-12+;;/t20-,21+;;/m0../s1. The molecule has 0 heterocycles. The lowest BCUT2D eigenvalue weighted by atomic mass is 10.0. The van der Waals surface area contributed by atoms with Crippen molar-refractivity contribution in [2.24, 2.45) is 11.7 Å². The van der Waals surface area contributed by atoms with Gasteiger partial charge in [-0.1, -0.05) is 73.2 Å². The molecule has 136 valence electrons. The number of nitrogens with one attached hydrogen (secondary N) is 1. The van der Waals surface area contributed by atoms with Crippen molar-refractivity contribution < 1.29 is 0 Å². The Morgan fingerprint density at radius 1 is 1.04 bits per heavy atom. The van der Waals surface area contributed by atoms with Crippen molar-refractivity contribution in [3.05, 3.63) is 76.9 Å². The van der Waals surface area contributed by atoms with E-state index >= 15 is 0 Å². The Labute approximate surface area is 163 Å². The molecular weight excluding hydrogens is 351 g/mol. The number of hydrogen-bond donors (Lipinski definition) is 2. The number of halogens is 2. The van der Waals surface area contributed by atoms with E-state index in [-0.39, 0.29) is 24.8 Å². The molecule has 0 radical (unpaired) electrons. The van der Waals surface area contributed by atoms with Crippen LogP contribution in [0.2, 0.25) is 0 Å². The second-order valence-corrected chi connectivity index (χ2v) is 6.29. The van der Waals surface area contributed by atoms with Crippen LogP contribution in [-0.4, -0.2) is 6.04 Å². The summed E-state index contributed by atoms with van der Waals surface area (Å²) in [5, 5.41) is 3.70. The van der Waals surface area contributed by atoms with Gasteiger partial charge >= 0.3 is 0 Å². The van der Waals surface area contributed by atoms with Crippen LogP contribution in [0.25, 0.3) is 6.08 Å². The maximum absolute atomic E-state index is 5.82. The van der Waals surface area contributed by atoms with Crippen molar-refractivity contribution >= 4 is 30.9 Å². The zero-order valence-electron chi connectivity index (χ0n) is 14.7. The van der Waals surface area contributed by atoms with Crippen LogP contribution >= 0.6 is 24.8 Å². The average Bonchev–Trinajstić information content (AvgIpc) is 3.38. The second-order valence-electron chi connectivity index (χ2n) is 6.29. The summed E-state index contributed by atoms with van der Waals surface area (Å²) in [6.45, 7) is 3.78. The first-order valence-electron chi connectivity index (χ1n) is 8.57. The first-order valence-corrected chi connectivity index (χ1v) is 8.57. The quantitative estimate of drug-likeness (QED) is 0.714. The number of nitrogens with two attached hydrogens (primary N) is 1. The molecule has 2 nitrogen and oxygen atoms in total. The van der Waals surface area contributed by atoms with Crippen LogP contribution < -0.4 is 11.1 Å². The Bertz CT molecular complexity index is 671. The van der Waals surface area contributed by atoms with Crippen LogP contribution in [-0.2, 0) is 13.1 Å². The molecule has 4 heteroatoms. The molecule has 1 saturated carbocycles. The van der Waals surface area contributed by atoms with Crippen molar-refractivity contribution in [1.29, 1.82) is 0 Å². The van der Waals surface area contributed by atoms with E-state index in [1.807, 2.05) is 0 Å². The monoisotopic (exact) mass is 378 g/mol. The smallest absolute Gasteiger partial charge is 0.0211 e. The predicted molar refractivity (Wildman–Crippen MR) is 112 cm³/mol. The average molecular weight is 379 g/mol. The van der Waals surface area contributed by atoms with Crippen molar-refractivity contribution in [2.75, 3.05) is 0 Å². The molecule has 2 aromatic carbocycles. The van der Waals surface area contributed by atoms with Gasteiger partial charge in [-0.2, -0.15) is 0 Å². The highest BCUT2D eigenvalue weighted by molar-refractivity contribution is 5.85. The lowest BCUT2D eigenvalue weighted by Gasteiger charge is -2.10. The third-order valence-electron chi connectivity index (χ3n) is 4.72. The van der Waals surface area contributed by atoms with Gasteiger partial charge in [0.25, 0.3) is 0 Å². The van der Waals surface area contributed by atoms with Gasteiger partial charge in [-0.15, -0.1) is 24.8 Å². The highest BCUT2D eigenvalue weighted by Crippen LogP contribution is 2.39. The van der Waals surface area contributed by atoms with E-state index in [0.717, 1.165) is 13.0 Å². The molecule has 1 aliphatic carbocycles. The number of benzene rings is 2. The molecule has 0 spiro atoms. The second kappa shape index (κ2) is 10.6. The van der Waals surface area contributed by atoms with Gasteiger partial charge in [0.05, 0.1) is 0 Å². The van der Waals surface area contributed by atoms with E-state index in [2.05, 4.69) is 72.9 Å². The first kappa shape index (κ1) is 21.7. The molecule has 0 unspecified atom stereocenters. The zero-order chi connectivity index (χ0) is 16.1. The molecule has 2 atom stereocenters. The largest absolute Gasteiger partial charge is 0.326 e. The normalized spacial score (nSPS) is 18.9. The van der Waals surface area contributed by atoms with Gasteiger partial charge < -0.3 is 11.1 Å². The summed E-state index contributed by atoms with van der Waals surface area (Å²) in [6.07, 6.45) is 4.73. The third kappa shape index (κ3) is 5.86. The van der Waals surface area contributed by atoms with E-state index in [1.165, 1.54) is 23.1 Å². The van der Waals surface area contributed by atoms with E-state index in [4.69, 9.17) is 5.73 Å². The van der Waals surface area contributed by atoms with E-state index in [1.54, 1.807) is 5.57 Å². The molecule has 0 saturated heterocycles. The molecule has 2 aromatic rings. The van der Waals surface area contributed by atoms with Crippen LogP contribution in [0.5, 0.6) is 0 Å². The highest BCUT2D eigenvalue weighted by atomic mass is 35.5. The Balaban J connectivity index is 0.00000156. The van der Waals surface area contributed by atoms with E-state index in [9.17, 15) is 0 Å². The Morgan fingerprint density at radius 3 is 2.32 bits per heavy atom. The van der Waals surface area contributed by atoms with Gasteiger partial charge in [0.2, 0.25) is 0 Å². The summed E-state index contributed by atoms with van der Waals surface area (Å²) in [4.78, 5) is 0. The lowest BCUT2D eigenvalue weighted by molar-refractivity contribution is 0.651. The molecular formula is C21H28Cl2N2. The third-order valence-corrected chi connectivity index (χ3v) is 4.72. The van der Waals surface area contributed by atoms with Gasteiger partial charge in [0, 0.05) is 19.1 Å². The minimum Gasteiger partial charge on any atom is -0.326 e. The fourth-order valence-corrected chi connectivity index (χ4v) is 3.24. The molecule has 0 amide bonds. The molecule has 0 aliphatic heterocycles. The van der Waals surface area contributed by atoms with Crippen molar-refractivity contribution in [3.8, 4) is 0 Å². The van der Waals surface area contributed by atoms with Crippen LogP contribution in [0.4, 0.5) is 0 Å². The Hall–Kier alpha value is -1.32. The molecule has 3 rings (SSSR count). The minimum atomic E-state index is 0. The number of rotatable bonds is 7. The van der Waals surface area contributed by atoms with Crippen molar-refractivity contribution in [3.63, 3.8) is 0 Å². The maximum atomic E-state index is 5.82. The van der Waals surface area contributed by atoms with Crippen molar-refractivity contribution in [1.82, 2.24) is 5.32 Å².